The van der Waals surface area contributed by atoms with Crippen molar-refractivity contribution in [2.75, 3.05) is 25.6 Å². The van der Waals surface area contributed by atoms with Crippen LogP contribution in [0.15, 0.2) is 65.6 Å². The zero-order chi connectivity index (χ0) is 26.2. The van der Waals surface area contributed by atoms with Crippen molar-refractivity contribution in [3.05, 3.63) is 72.0 Å². The number of pyridine rings is 1. The lowest BCUT2D eigenvalue weighted by molar-refractivity contribution is -0.118. The number of rotatable bonds is 8. The van der Waals surface area contributed by atoms with Crippen LogP contribution >= 0.6 is 0 Å². The quantitative estimate of drug-likeness (QED) is 0.464. The van der Waals surface area contributed by atoms with Gasteiger partial charge in [-0.2, -0.15) is 4.31 Å². The number of amides is 1. The van der Waals surface area contributed by atoms with E-state index in [-0.39, 0.29) is 23.2 Å². The number of hydrogen-bond acceptors (Lipinski definition) is 6. The van der Waals surface area contributed by atoms with Gasteiger partial charge < -0.3 is 15.2 Å². The Labute approximate surface area is 215 Å². The highest BCUT2D eigenvalue weighted by Gasteiger charge is 2.51. The van der Waals surface area contributed by atoms with Crippen molar-refractivity contribution in [1.82, 2.24) is 9.29 Å². The molecule has 2 heterocycles. The standard InChI is InChI=1S/C27H28FN3O5S/c1-36-24-12-9-19(16-22(24)28)27(13-14-27)26(33)30-25-6-2-5-23(29-25)18-7-10-21(11-8-18)37(34,35)31-15-3-4-20(31)17-32/h2,5-12,16,20,32H,3-4,13-15,17H2,1H3,(H,29,30,33)/t20-/m1/s1. The fourth-order valence-electron chi connectivity index (χ4n) is 4.88. The van der Waals surface area contributed by atoms with Crippen molar-refractivity contribution >= 4 is 21.7 Å². The number of carbonyl (C=O) groups excluding carboxylic acids is 1. The molecule has 1 saturated heterocycles. The van der Waals surface area contributed by atoms with Gasteiger partial charge in [0.2, 0.25) is 15.9 Å². The molecule has 1 amide bonds. The number of halogens is 1. The minimum atomic E-state index is -3.71. The molecular weight excluding hydrogens is 497 g/mol. The first-order valence-electron chi connectivity index (χ1n) is 12.1. The predicted molar refractivity (Wildman–Crippen MR) is 136 cm³/mol. The van der Waals surface area contributed by atoms with E-state index >= 15 is 0 Å². The highest BCUT2D eigenvalue weighted by Crippen LogP contribution is 2.49. The molecular formula is C27H28FN3O5S. The maximum Gasteiger partial charge on any atom is 0.243 e. The monoisotopic (exact) mass is 525 g/mol. The molecule has 0 bridgehead atoms. The molecule has 1 atom stereocenters. The summed E-state index contributed by atoms with van der Waals surface area (Å²) in [6, 6.07) is 15.8. The number of nitrogens with one attached hydrogen (secondary N) is 1. The molecule has 194 valence electrons. The average Bonchev–Trinajstić information content (AvgIpc) is 3.58. The van der Waals surface area contributed by atoms with Crippen molar-refractivity contribution in [3.63, 3.8) is 0 Å². The second-order valence-electron chi connectivity index (χ2n) is 9.41. The van der Waals surface area contributed by atoms with Crippen LogP contribution in [0.1, 0.15) is 31.2 Å². The smallest absolute Gasteiger partial charge is 0.243 e. The Balaban J connectivity index is 1.33. The zero-order valence-corrected chi connectivity index (χ0v) is 21.2. The second-order valence-corrected chi connectivity index (χ2v) is 11.3. The van der Waals surface area contributed by atoms with Crippen molar-refractivity contribution in [1.29, 1.82) is 0 Å². The molecule has 0 spiro atoms. The van der Waals surface area contributed by atoms with Gasteiger partial charge in [0.1, 0.15) is 5.82 Å². The largest absolute Gasteiger partial charge is 0.494 e. The summed E-state index contributed by atoms with van der Waals surface area (Å²) in [6.45, 7) is 0.192. The minimum absolute atomic E-state index is 0.127. The van der Waals surface area contributed by atoms with Gasteiger partial charge in [-0.25, -0.2) is 17.8 Å². The number of aromatic nitrogens is 1. The van der Waals surface area contributed by atoms with Gasteiger partial charge >= 0.3 is 0 Å². The molecule has 1 aromatic heterocycles. The molecule has 37 heavy (non-hydrogen) atoms. The van der Waals surface area contributed by atoms with E-state index < -0.39 is 27.3 Å². The molecule has 2 fully saturated rings. The lowest BCUT2D eigenvalue weighted by atomic mass is 9.94. The van der Waals surface area contributed by atoms with E-state index in [4.69, 9.17) is 4.74 Å². The van der Waals surface area contributed by atoms with Crippen LogP contribution in [-0.4, -0.2) is 55.0 Å². The van der Waals surface area contributed by atoms with Crippen molar-refractivity contribution < 1.29 is 27.4 Å². The molecule has 2 aromatic carbocycles. The number of aliphatic hydroxyl groups excluding tert-OH is 1. The maximum absolute atomic E-state index is 14.2. The minimum Gasteiger partial charge on any atom is -0.494 e. The Bertz CT molecular complexity index is 1420. The summed E-state index contributed by atoms with van der Waals surface area (Å²) in [4.78, 5) is 17.8. The van der Waals surface area contributed by atoms with Gasteiger partial charge in [0.15, 0.2) is 11.6 Å². The van der Waals surface area contributed by atoms with E-state index in [1.54, 1.807) is 36.4 Å². The van der Waals surface area contributed by atoms with Gasteiger partial charge in [0, 0.05) is 18.2 Å². The summed E-state index contributed by atoms with van der Waals surface area (Å²) >= 11 is 0. The van der Waals surface area contributed by atoms with E-state index in [0.29, 0.717) is 48.4 Å². The third kappa shape index (κ3) is 4.72. The molecule has 0 radical (unpaired) electrons. The molecule has 10 heteroatoms. The fraction of sp³-hybridized carbons (Fsp3) is 0.333. The van der Waals surface area contributed by atoms with Crippen LogP contribution < -0.4 is 10.1 Å². The Hall–Kier alpha value is -3.34. The number of methoxy groups -OCH3 is 1. The van der Waals surface area contributed by atoms with Crippen LogP contribution in [0.2, 0.25) is 0 Å². The highest BCUT2D eigenvalue weighted by atomic mass is 32.2. The first kappa shape index (κ1) is 25.3. The van der Waals surface area contributed by atoms with Gasteiger partial charge in [-0.05, 0) is 67.6 Å². The lowest BCUT2D eigenvalue weighted by Gasteiger charge is -2.22. The van der Waals surface area contributed by atoms with Gasteiger partial charge in [0.25, 0.3) is 0 Å². The normalized spacial score (nSPS) is 18.9. The summed E-state index contributed by atoms with van der Waals surface area (Å²) in [5, 5.41) is 12.4. The molecule has 3 aromatic rings. The van der Waals surface area contributed by atoms with Gasteiger partial charge in [-0.15, -0.1) is 0 Å². The number of anilines is 1. The maximum atomic E-state index is 14.2. The van der Waals surface area contributed by atoms with E-state index in [0.717, 1.165) is 6.42 Å². The number of carbonyl (C=O) groups is 1. The first-order chi connectivity index (χ1) is 17.8. The number of nitrogens with zero attached hydrogens (tertiary/aromatic N) is 2. The molecule has 1 saturated carbocycles. The van der Waals surface area contributed by atoms with Crippen LogP contribution in [0.25, 0.3) is 11.3 Å². The van der Waals surface area contributed by atoms with Crippen molar-refractivity contribution in [3.8, 4) is 17.0 Å². The topological polar surface area (TPSA) is 109 Å². The van der Waals surface area contributed by atoms with Gasteiger partial charge in [-0.1, -0.05) is 24.3 Å². The molecule has 5 rings (SSSR count). The van der Waals surface area contributed by atoms with E-state index in [9.17, 15) is 22.7 Å². The number of hydrogen-bond donors (Lipinski definition) is 2. The second kappa shape index (κ2) is 9.85. The van der Waals surface area contributed by atoms with Crippen LogP contribution in [0.4, 0.5) is 10.2 Å². The van der Waals surface area contributed by atoms with Crippen LogP contribution in [-0.2, 0) is 20.2 Å². The van der Waals surface area contributed by atoms with E-state index in [2.05, 4.69) is 10.3 Å². The third-order valence-electron chi connectivity index (χ3n) is 7.17. The Morgan fingerprint density at radius 2 is 1.95 bits per heavy atom. The van der Waals surface area contributed by atoms with Crippen LogP contribution in [0.3, 0.4) is 0 Å². The Kier molecular flexibility index (Phi) is 6.74. The Morgan fingerprint density at radius 3 is 2.59 bits per heavy atom. The van der Waals surface area contributed by atoms with Crippen LogP contribution in [0.5, 0.6) is 5.75 Å². The first-order valence-corrected chi connectivity index (χ1v) is 13.6. The number of ether oxygens (including phenoxy) is 1. The number of sulfonamides is 1. The van der Waals surface area contributed by atoms with Crippen molar-refractivity contribution in [2.45, 2.75) is 42.0 Å². The van der Waals surface area contributed by atoms with Crippen molar-refractivity contribution in [2.24, 2.45) is 0 Å². The molecule has 2 aliphatic rings. The highest BCUT2D eigenvalue weighted by molar-refractivity contribution is 7.89. The van der Waals surface area contributed by atoms with Gasteiger partial charge in [0.05, 0.1) is 29.7 Å². The predicted octanol–water partition coefficient (Wildman–Crippen LogP) is 3.71. The fourth-order valence-corrected chi connectivity index (χ4v) is 6.56. The summed E-state index contributed by atoms with van der Waals surface area (Å²) in [6.07, 6.45) is 2.58. The molecule has 2 N–H and O–H groups in total. The summed E-state index contributed by atoms with van der Waals surface area (Å²) < 4.78 is 46.6. The van der Waals surface area contributed by atoms with E-state index in [1.807, 2.05) is 0 Å². The summed E-state index contributed by atoms with van der Waals surface area (Å²) in [5.74, 6) is -0.294. The lowest BCUT2D eigenvalue weighted by Crippen LogP contribution is -2.37. The number of aliphatic hydroxyl groups is 1. The molecule has 8 nitrogen and oxygen atoms in total. The average molecular weight is 526 g/mol. The Morgan fingerprint density at radius 1 is 1.19 bits per heavy atom. The summed E-state index contributed by atoms with van der Waals surface area (Å²) in [7, 11) is -2.31. The molecule has 1 aliphatic heterocycles. The van der Waals surface area contributed by atoms with E-state index in [1.165, 1.54) is 35.7 Å². The third-order valence-corrected chi connectivity index (χ3v) is 9.14. The number of benzene rings is 2. The van der Waals surface area contributed by atoms with Gasteiger partial charge in [-0.3, -0.25) is 4.79 Å². The zero-order valence-electron chi connectivity index (χ0n) is 20.4. The SMILES string of the molecule is COc1ccc(C2(C(=O)Nc3cccc(-c4ccc(S(=O)(=O)N5CCC[C@@H]5CO)cc4)n3)CC2)cc1F. The van der Waals surface area contributed by atoms with Crippen LogP contribution in [0, 0.1) is 5.82 Å². The molecule has 0 unspecified atom stereocenters. The molecule has 1 aliphatic carbocycles. The summed E-state index contributed by atoms with van der Waals surface area (Å²) in [5.41, 5.74) is 1.05.